The van der Waals surface area contributed by atoms with Crippen LogP contribution in [0.15, 0.2) is 12.4 Å². The molecule has 0 bridgehead atoms. The summed E-state index contributed by atoms with van der Waals surface area (Å²) >= 11 is 0. The predicted octanol–water partition coefficient (Wildman–Crippen LogP) is -0.268. The van der Waals surface area contributed by atoms with Gasteiger partial charge in [-0.05, 0) is 19.9 Å². The second kappa shape index (κ2) is 5.92. The van der Waals surface area contributed by atoms with Crippen LogP contribution in [0.4, 0.5) is 0 Å². The minimum Gasteiger partial charge on any atom is -0.330 e. The molecule has 0 fully saturated rings. The zero-order valence-corrected chi connectivity index (χ0v) is 9.09. The van der Waals surface area contributed by atoms with Crippen LogP contribution in [0.1, 0.15) is 22.6 Å². The Morgan fingerprint density at radius 1 is 1.50 bits per heavy atom. The Labute approximate surface area is 93.5 Å². The van der Waals surface area contributed by atoms with E-state index in [4.69, 9.17) is 5.73 Å². The molecule has 6 nitrogen and oxygen atoms in total. The largest absolute Gasteiger partial charge is 0.330 e. The van der Waals surface area contributed by atoms with Crippen LogP contribution in [0.25, 0.3) is 0 Å². The lowest BCUT2D eigenvalue weighted by molar-refractivity contribution is -0.116. The van der Waals surface area contributed by atoms with Crippen LogP contribution < -0.4 is 5.73 Å². The summed E-state index contributed by atoms with van der Waals surface area (Å²) in [5.74, 6) is -0.448. The van der Waals surface area contributed by atoms with Crippen molar-refractivity contribution >= 4 is 12.3 Å². The first-order valence-electron chi connectivity index (χ1n) is 4.94. The topological polar surface area (TPSA) is 89.2 Å². The third kappa shape index (κ3) is 3.09. The minimum absolute atomic E-state index is 0.162. The lowest BCUT2D eigenvalue weighted by Crippen LogP contribution is -2.32. The monoisotopic (exact) mass is 222 g/mol. The molecule has 0 unspecified atom stereocenters. The van der Waals surface area contributed by atoms with Crippen molar-refractivity contribution < 1.29 is 9.59 Å². The van der Waals surface area contributed by atoms with Crippen molar-refractivity contribution in [2.24, 2.45) is 5.73 Å². The number of hydrogen-bond acceptors (Lipinski definition) is 5. The number of carbonyl (C=O) groups is 2. The van der Waals surface area contributed by atoms with Crippen molar-refractivity contribution in [3.05, 3.63) is 23.8 Å². The van der Waals surface area contributed by atoms with E-state index < -0.39 is 5.91 Å². The van der Waals surface area contributed by atoms with Crippen LogP contribution in [-0.4, -0.2) is 40.3 Å². The van der Waals surface area contributed by atoms with Gasteiger partial charge >= 0.3 is 0 Å². The summed E-state index contributed by atoms with van der Waals surface area (Å²) in [6.45, 7) is 2.50. The molecule has 6 heteroatoms. The first kappa shape index (κ1) is 12.3. The fourth-order valence-electron chi connectivity index (χ4n) is 1.11. The maximum absolute atomic E-state index is 11.7. The fraction of sp³-hybridized carbons (Fsp3) is 0.400. The number of nitrogens with zero attached hydrogens (tertiary/aromatic N) is 3. The fourth-order valence-corrected chi connectivity index (χ4v) is 1.11. The summed E-state index contributed by atoms with van der Waals surface area (Å²) in [7, 11) is 0. The van der Waals surface area contributed by atoms with Crippen LogP contribution in [-0.2, 0) is 4.79 Å². The zero-order chi connectivity index (χ0) is 12.0. The van der Waals surface area contributed by atoms with Crippen LogP contribution >= 0.6 is 0 Å². The SMILES string of the molecule is Cc1cnc(C(=O)N(C=O)CCCN)cn1. The van der Waals surface area contributed by atoms with E-state index in [1.165, 1.54) is 12.4 Å². The molecule has 16 heavy (non-hydrogen) atoms. The van der Waals surface area contributed by atoms with Crippen molar-refractivity contribution in [1.82, 2.24) is 14.9 Å². The van der Waals surface area contributed by atoms with Crippen molar-refractivity contribution in [1.29, 1.82) is 0 Å². The lowest BCUT2D eigenvalue weighted by Gasteiger charge is -2.13. The third-order valence-corrected chi connectivity index (χ3v) is 1.99. The molecule has 0 atom stereocenters. The Balaban J connectivity index is 2.74. The van der Waals surface area contributed by atoms with Gasteiger partial charge in [-0.25, -0.2) is 4.98 Å². The van der Waals surface area contributed by atoms with E-state index in [2.05, 4.69) is 9.97 Å². The molecule has 0 aromatic carbocycles. The summed E-state index contributed by atoms with van der Waals surface area (Å²) in [6.07, 6.45) is 3.90. The van der Waals surface area contributed by atoms with Gasteiger partial charge in [-0.15, -0.1) is 0 Å². The van der Waals surface area contributed by atoms with Crippen molar-refractivity contribution in [2.75, 3.05) is 13.1 Å². The molecule has 1 rings (SSSR count). The average molecular weight is 222 g/mol. The molecule has 0 aliphatic rings. The molecule has 0 spiro atoms. The predicted molar refractivity (Wildman–Crippen MR) is 57.5 cm³/mol. The molecule has 86 valence electrons. The van der Waals surface area contributed by atoms with Crippen molar-refractivity contribution in [3.63, 3.8) is 0 Å². The van der Waals surface area contributed by atoms with Crippen LogP contribution in [0.5, 0.6) is 0 Å². The van der Waals surface area contributed by atoms with Gasteiger partial charge in [0.2, 0.25) is 6.41 Å². The van der Waals surface area contributed by atoms with Gasteiger partial charge in [0.1, 0.15) is 5.69 Å². The second-order valence-electron chi connectivity index (χ2n) is 3.29. The molecule has 2 amide bonds. The number of hydrogen-bond donors (Lipinski definition) is 1. The minimum atomic E-state index is -0.448. The van der Waals surface area contributed by atoms with E-state index >= 15 is 0 Å². The van der Waals surface area contributed by atoms with Gasteiger partial charge in [-0.3, -0.25) is 19.5 Å². The summed E-state index contributed by atoms with van der Waals surface area (Å²) in [6, 6.07) is 0. The summed E-state index contributed by atoms with van der Waals surface area (Å²) < 4.78 is 0. The van der Waals surface area contributed by atoms with Crippen molar-refractivity contribution in [3.8, 4) is 0 Å². The number of aryl methyl sites for hydroxylation is 1. The molecule has 0 saturated carbocycles. The van der Waals surface area contributed by atoms with E-state index in [0.717, 1.165) is 10.6 Å². The Morgan fingerprint density at radius 2 is 2.25 bits per heavy atom. The number of rotatable bonds is 5. The highest BCUT2D eigenvalue weighted by Gasteiger charge is 2.15. The van der Waals surface area contributed by atoms with Gasteiger partial charge in [0.15, 0.2) is 0 Å². The highest BCUT2D eigenvalue weighted by molar-refractivity contribution is 5.98. The van der Waals surface area contributed by atoms with Crippen LogP contribution in [0, 0.1) is 6.92 Å². The molecular weight excluding hydrogens is 208 g/mol. The number of nitrogens with two attached hydrogens (primary N) is 1. The molecule has 1 aromatic rings. The molecule has 2 N–H and O–H groups in total. The quantitative estimate of drug-likeness (QED) is 0.693. The van der Waals surface area contributed by atoms with Gasteiger partial charge in [-0.1, -0.05) is 0 Å². The standard InChI is InChI=1S/C10H14N4O2/c1-8-5-13-9(6-12-8)10(16)14(7-15)4-2-3-11/h5-7H,2-4,11H2,1H3. The Kier molecular flexibility index (Phi) is 4.53. The smallest absolute Gasteiger partial charge is 0.280 e. The van der Waals surface area contributed by atoms with Gasteiger partial charge < -0.3 is 5.73 Å². The van der Waals surface area contributed by atoms with Gasteiger partial charge in [-0.2, -0.15) is 0 Å². The molecule has 0 aliphatic heterocycles. The molecule has 0 radical (unpaired) electrons. The van der Waals surface area contributed by atoms with Crippen LogP contribution in [0.3, 0.4) is 0 Å². The molecule has 0 aliphatic carbocycles. The van der Waals surface area contributed by atoms with Gasteiger partial charge in [0, 0.05) is 12.7 Å². The van der Waals surface area contributed by atoms with Gasteiger partial charge in [0.05, 0.1) is 11.9 Å². The highest BCUT2D eigenvalue weighted by Crippen LogP contribution is 2.00. The maximum atomic E-state index is 11.7. The van der Waals surface area contributed by atoms with Crippen LogP contribution in [0.2, 0.25) is 0 Å². The first-order valence-corrected chi connectivity index (χ1v) is 4.94. The van der Waals surface area contributed by atoms with E-state index in [9.17, 15) is 9.59 Å². The molecular formula is C10H14N4O2. The highest BCUT2D eigenvalue weighted by atomic mass is 16.2. The van der Waals surface area contributed by atoms with Crippen molar-refractivity contribution in [2.45, 2.75) is 13.3 Å². The van der Waals surface area contributed by atoms with E-state index in [-0.39, 0.29) is 5.69 Å². The van der Waals surface area contributed by atoms with Gasteiger partial charge in [0.25, 0.3) is 5.91 Å². The Morgan fingerprint density at radius 3 is 2.75 bits per heavy atom. The number of carbonyl (C=O) groups excluding carboxylic acids is 2. The Hall–Kier alpha value is -1.82. The number of aromatic nitrogens is 2. The summed E-state index contributed by atoms with van der Waals surface area (Å²) in [5.41, 5.74) is 6.19. The molecule has 1 heterocycles. The normalized spacial score (nSPS) is 9.88. The second-order valence-corrected chi connectivity index (χ2v) is 3.29. The van der Waals surface area contributed by atoms with E-state index in [1.54, 1.807) is 6.92 Å². The molecule has 1 aromatic heterocycles. The zero-order valence-electron chi connectivity index (χ0n) is 9.09. The number of amides is 2. The van der Waals surface area contributed by atoms with E-state index in [1.807, 2.05) is 0 Å². The Bertz CT molecular complexity index is 364. The lowest BCUT2D eigenvalue weighted by atomic mass is 10.3. The average Bonchev–Trinajstić information content (AvgIpc) is 2.30. The first-order chi connectivity index (χ1) is 7.69. The summed E-state index contributed by atoms with van der Waals surface area (Å²) in [5, 5.41) is 0. The van der Waals surface area contributed by atoms with E-state index in [0.29, 0.717) is 25.9 Å². The summed E-state index contributed by atoms with van der Waals surface area (Å²) in [4.78, 5) is 31.4. The molecule has 0 saturated heterocycles. The third-order valence-electron chi connectivity index (χ3n) is 1.99. The maximum Gasteiger partial charge on any atom is 0.280 e. The number of imide groups is 1.